The van der Waals surface area contributed by atoms with Crippen molar-refractivity contribution in [2.24, 2.45) is 5.92 Å². The minimum Gasteiger partial charge on any atom is -0.481 e. The molecule has 0 aromatic carbocycles. The van der Waals surface area contributed by atoms with Crippen LogP contribution in [0.3, 0.4) is 0 Å². The molecular weight excluding hydrogens is 180 g/mol. The Hall–Kier alpha value is -1.45. The van der Waals surface area contributed by atoms with Gasteiger partial charge in [-0.05, 0) is 31.7 Å². The lowest BCUT2D eigenvalue weighted by Gasteiger charge is -2.20. The first-order valence-corrected chi connectivity index (χ1v) is 4.71. The topological polar surface area (TPSA) is 63.1 Å². The molecule has 1 aromatic heterocycles. The largest absolute Gasteiger partial charge is 0.481 e. The van der Waals surface area contributed by atoms with Gasteiger partial charge in [-0.2, -0.15) is 0 Å². The Labute approximate surface area is 82.0 Å². The SMILES string of the molecule is Cc1ncc2c(n1)CC[C@@H](C(=O)O)C2. The van der Waals surface area contributed by atoms with Gasteiger partial charge in [0.1, 0.15) is 5.82 Å². The highest BCUT2D eigenvalue weighted by Gasteiger charge is 2.25. The summed E-state index contributed by atoms with van der Waals surface area (Å²) in [6.45, 7) is 1.85. The fraction of sp³-hybridized carbons (Fsp3) is 0.500. The molecule has 4 nitrogen and oxygen atoms in total. The van der Waals surface area contributed by atoms with E-state index in [0.717, 1.165) is 23.5 Å². The van der Waals surface area contributed by atoms with Gasteiger partial charge in [0, 0.05) is 11.9 Å². The number of rotatable bonds is 1. The third-order valence-electron chi connectivity index (χ3n) is 2.62. The van der Waals surface area contributed by atoms with E-state index < -0.39 is 5.97 Å². The van der Waals surface area contributed by atoms with Gasteiger partial charge in [0.2, 0.25) is 0 Å². The van der Waals surface area contributed by atoms with E-state index in [1.807, 2.05) is 6.92 Å². The van der Waals surface area contributed by atoms with Gasteiger partial charge in [-0.15, -0.1) is 0 Å². The van der Waals surface area contributed by atoms with Crippen molar-refractivity contribution >= 4 is 5.97 Å². The zero-order valence-corrected chi connectivity index (χ0v) is 8.03. The zero-order valence-electron chi connectivity index (χ0n) is 8.03. The van der Waals surface area contributed by atoms with Crippen LogP contribution in [0.15, 0.2) is 6.20 Å². The van der Waals surface area contributed by atoms with Crippen LogP contribution in [0.5, 0.6) is 0 Å². The first-order chi connectivity index (χ1) is 6.66. The Morgan fingerprint density at radius 1 is 1.64 bits per heavy atom. The third-order valence-corrected chi connectivity index (χ3v) is 2.62. The summed E-state index contributed by atoms with van der Waals surface area (Å²) in [5.74, 6) is -0.206. The summed E-state index contributed by atoms with van der Waals surface area (Å²) < 4.78 is 0. The van der Waals surface area contributed by atoms with Crippen LogP contribution < -0.4 is 0 Å². The predicted octanol–water partition coefficient (Wildman–Crippen LogP) is 0.975. The normalized spacial score (nSPS) is 20.2. The summed E-state index contributed by atoms with van der Waals surface area (Å²) in [5, 5.41) is 8.88. The number of carboxylic acids is 1. The Morgan fingerprint density at radius 2 is 2.43 bits per heavy atom. The van der Waals surface area contributed by atoms with Gasteiger partial charge in [0.25, 0.3) is 0 Å². The average Bonchev–Trinajstić information content (AvgIpc) is 2.16. The first-order valence-electron chi connectivity index (χ1n) is 4.71. The molecule has 1 heterocycles. The molecule has 74 valence electrons. The molecule has 0 amide bonds. The molecule has 0 radical (unpaired) electrons. The number of carboxylic acid groups (broad SMARTS) is 1. The van der Waals surface area contributed by atoms with Crippen molar-refractivity contribution in [3.05, 3.63) is 23.3 Å². The lowest BCUT2D eigenvalue weighted by Crippen LogP contribution is -2.23. The molecule has 0 fully saturated rings. The second-order valence-electron chi connectivity index (χ2n) is 3.67. The monoisotopic (exact) mass is 192 g/mol. The predicted molar refractivity (Wildman–Crippen MR) is 49.9 cm³/mol. The van der Waals surface area contributed by atoms with Crippen LogP contribution in [0, 0.1) is 12.8 Å². The molecule has 4 heteroatoms. The van der Waals surface area contributed by atoms with Crippen LogP contribution in [0.1, 0.15) is 23.5 Å². The number of hydrogen-bond acceptors (Lipinski definition) is 3. The van der Waals surface area contributed by atoms with E-state index in [1.165, 1.54) is 0 Å². The molecule has 2 rings (SSSR count). The van der Waals surface area contributed by atoms with E-state index in [2.05, 4.69) is 9.97 Å². The lowest BCUT2D eigenvalue weighted by atomic mass is 9.87. The Bertz CT molecular complexity index is 376. The first kappa shape index (κ1) is 9.12. The smallest absolute Gasteiger partial charge is 0.306 e. The molecule has 0 saturated carbocycles. The van der Waals surface area contributed by atoms with E-state index in [-0.39, 0.29) is 5.92 Å². The maximum absolute atomic E-state index is 10.8. The van der Waals surface area contributed by atoms with Crippen molar-refractivity contribution in [2.45, 2.75) is 26.2 Å². The second kappa shape index (κ2) is 3.36. The molecule has 14 heavy (non-hydrogen) atoms. The summed E-state index contributed by atoms with van der Waals surface area (Å²) in [7, 11) is 0. The van der Waals surface area contributed by atoms with Crippen molar-refractivity contribution < 1.29 is 9.90 Å². The molecule has 0 saturated heterocycles. The van der Waals surface area contributed by atoms with E-state index >= 15 is 0 Å². The van der Waals surface area contributed by atoms with E-state index in [0.29, 0.717) is 12.8 Å². The van der Waals surface area contributed by atoms with Crippen LogP contribution in [-0.2, 0) is 17.6 Å². The molecule has 0 aliphatic heterocycles. The fourth-order valence-corrected chi connectivity index (χ4v) is 1.82. The third kappa shape index (κ3) is 1.60. The van der Waals surface area contributed by atoms with Gasteiger partial charge >= 0.3 is 5.97 Å². The molecular formula is C10H12N2O2. The maximum Gasteiger partial charge on any atom is 0.306 e. The number of carbonyl (C=O) groups is 1. The summed E-state index contributed by atoms with van der Waals surface area (Å²) in [5.41, 5.74) is 2.02. The standard InChI is InChI=1S/C10H12N2O2/c1-6-11-5-8-4-7(10(13)14)2-3-9(8)12-6/h5,7H,2-4H2,1H3,(H,13,14)/t7-/m1/s1. The van der Waals surface area contributed by atoms with Crippen molar-refractivity contribution in [3.63, 3.8) is 0 Å². The lowest BCUT2D eigenvalue weighted by molar-refractivity contribution is -0.142. The minimum absolute atomic E-state index is 0.256. The highest BCUT2D eigenvalue weighted by atomic mass is 16.4. The number of aliphatic carboxylic acids is 1. The van der Waals surface area contributed by atoms with E-state index in [1.54, 1.807) is 6.20 Å². The number of fused-ring (bicyclic) bond motifs is 1. The quantitative estimate of drug-likeness (QED) is 0.720. The molecule has 1 aliphatic carbocycles. The van der Waals surface area contributed by atoms with Crippen LogP contribution >= 0.6 is 0 Å². The Kier molecular flexibility index (Phi) is 2.19. The highest BCUT2D eigenvalue weighted by molar-refractivity contribution is 5.70. The molecule has 0 spiro atoms. The van der Waals surface area contributed by atoms with Crippen molar-refractivity contribution in [1.82, 2.24) is 9.97 Å². The Balaban J connectivity index is 2.27. The van der Waals surface area contributed by atoms with Gasteiger partial charge in [-0.3, -0.25) is 4.79 Å². The fourth-order valence-electron chi connectivity index (χ4n) is 1.82. The molecule has 1 atom stereocenters. The number of aromatic nitrogens is 2. The maximum atomic E-state index is 10.8. The summed E-state index contributed by atoms with van der Waals surface area (Å²) in [6.07, 6.45) is 3.78. The minimum atomic E-state index is -0.712. The number of nitrogens with zero attached hydrogens (tertiary/aromatic N) is 2. The van der Waals surface area contributed by atoms with E-state index in [4.69, 9.17) is 5.11 Å². The molecule has 0 unspecified atom stereocenters. The molecule has 1 aromatic rings. The van der Waals surface area contributed by atoms with Crippen LogP contribution in [0.25, 0.3) is 0 Å². The zero-order chi connectivity index (χ0) is 10.1. The van der Waals surface area contributed by atoms with Crippen LogP contribution in [-0.4, -0.2) is 21.0 Å². The molecule has 0 bridgehead atoms. The number of aryl methyl sites for hydroxylation is 2. The van der Waals surface area contributed by atoms with E-state index in [9.17, 15) is 4.79 Å². The highest BCUT2D eigenvalue weighted by Crippen LogP contribution is 2.23. The average molecular weight is 192 g/mol. The van der Waals surface area contributed by atoms with Crippen molar-refractivity contribution in [3.8, 4) is 0 Å². The second-order valence-corrected chi connectivity index (χ2v) is 3.67. The Morgan fingerprint density at radius 3 is 3.14 bits per heavy atom. The van der Waals surface area contributed by atoms with Gasteiger partial charge in [-0.1, -0.05) is 0 Å². The summed E-state index contributed by atoms with van der Waals surface area (Å²) in [4.78, 5) is 19.2. The summed E-state index contributed by atoms with van der Waals surface area (Å²) in [6, 6.07) is 0. The van der Waals surface area contributed by atoms with Crippen LogP contribution in [0.2, 0.25) is 0 Å². The molecule has 1 aliphatic rings. The van der Waals surface area contributed by atoms with Crippen molar-refractivity contribution in [1.29, 1.82) is 0 Å². The molecule has 1 N–H and O–H groups in total. The van der Waals surface area contributed by atoms with Gasteiger partial charge in [0.15, 0.2) is 0 Å². The summed E-state index contributed by atoms with van der Waals surface area (Å²) >= 11 is 0. The van der Waals surface area contributed by atoms with Gasteiger partial charge in [0.05, 0.1) is 5.92 Å². The van der Waals surface area contributed by atoms with Gasteiger partial charge in [-0.25, -0.2) is 9.97 Å². The van der Waals surface area contributed by atoms with Crippen molar-refractivity contribution in [2.75, 3.05) is 0 Å². The van der Waals surface area contributed by atoms with Crippen LogP contribution in [0.4, 0.5) is 0 Å². The number of hydrogen-bond donors (Lipinski definition) is 1. The van der Waals surface area contributed by atoms with Gasteiger partial charge < -0.3 is 5.11 Å².